The van der Waals surface area contributed by atoms with E-state index in [-0.39, 0.29) is 7.92 Å². The number of aryl methyl sites for hydroxylation is 2. The van der Waals surface area contributed by atoms with Crippen molar-refractivity contribution in [3.05, 3.63) is 34.9 Å². The van der Waals surface area contributed by atoms with E-state index in [1.807, 2.05) is 0 Å². The van der Waals surface area contributed by atoms with Crippen LogP contribution in [0.1, 0.15) is 71.1 Å². The zero-order chi connectivity index (χ0) is 15.6. The van der Waals surface area contributed by atoms with Crippen LogP contribution in [0.15, 0.2) is 18.2 Å². The molecule has 0 spiro atoms. The Morgan fingerprint density at radius 2 is 1.40 bits per heavy atom. The van der Waals surface area contributed by atoms with Gasteiger partial charge < -0.3 is 0 Å². The van der Waals surface area contributed by atoms with Crippen molar-refractivity contribution < 1.29 is 0 Å². The SMILES string of the molecule is CCC(C)(C)P(Cc1ccc(C)cc1C)C(C)(C)CC. The molecular formula is C19H33P. The van der Waals surface area contributed by atoms with E-state index in [1.54, 1.807) is 5.56 Å². The van der Waals surface area contributed by atoms with Gasteiger partial charge in [0, 0.05) is 0 Å². The molecule has 1 heteroatoms. The van der Waals surface area contributed by atoms with Gasteiger partial charge in [-0.25, -0.2) is 0 Å². The van der Waals surface area contributed by atoms with Crippen molar-refractivity contribution in [1.29, 1.82) is 0 Å². The number of benzene rings is 1. The highest BCUT2D eigenvalue weighted by Gasteiger charge is 2.38. The Bertz CT molecular complexity index is 427. The molecule has 0 saturated carbocycles. The summed E-state index contributed by atoms with van der Waals surface area (Å²) < 4.78 is 0. The fourth-order valence-corrected chi connectivity index (χ4v) is 6.78. The molecule has 0 bridgehead atoms. The Balaban J connectivity index is 3.13. The normalized spacial score (nSPS) is 13.1. The van der Waals surface area contributed by atoms with Crippen LogP contribution in [0, 0.1) is 13.8 Å². The molecule has 0 N–H and O–H groups in total. The average molecular weight is 292 g/mol. The number of rotatable bonds is 6. The van der Waals surface area contributed by atoms with Crippen LogP contribution in [0.2, 0.25) is 0 Å². The van der Waals surface area contributed by atoms with E-state index in [1.165, 1.54) is 30.1 Å². The molecule has 0 radical (unpaired) electrons. The maximum absolute atomic E-state index is 2.47. The van der Waals surface area contributed by atoms with E-state index >= 15 is 0 Å². The number of hydrogen-bond acceptors (Lipinski definition) is 0. The quantitative estimate of drug-likeness (QED) is 0.514. The molecule has 0 unspecified atom stereocenters. The summed E-state index contributed by atoms with van der Waals surface area (Å²) in [6.07, 6.45) is 3.81. The molecule has 0 aliphatic carbocycles. The highest BCUT2D eigenvalue weighted by Crippen LogP contribution is 2.63. The first-order chi connectivity index (χ1) is 9.14. The lowest BCUT2D eigenvalue weighted by Crippen LogP contribution is -2.30. The largest absolute Gasteiger partial charge is 0.0906 e. The van der Waals surface area contributed by atoms with E-state index in [9.17, 15) is 0 Å². The molecule has 0 aromatic heterocycles. The molecule has 0 atom stereocenters. The lowest BCUT2D eigenvalue weighted by Gasteiger charge is -2.45. The predicted molar refractivity (Wildman–Crippen MR) is 95.3 cm³/mol. The van der Waals surface area contributed by atoms with Crippen LogP contribution in [-0.4, -0.2) is 10.3 Å². The third kappa shape index (κ3) is 4.08. The van der Waals surface area contributed by atoms with Crippen LogP contribution in [0.3, 0.4) is 0 Å². The van der Waals surface area contributed by atoms with Gasteiger partial charge in [-0.15, -0.1) is 0 Å². The molecule has 1 rings (SSSR count). The Kier molecular flexibility index (Phi) is 5.85. The maximum atomic E-state index is 2.47. The van der Waals surface area contributed by atoms with Gasteiger partial charge in [-0.3, -0.25) is 0 Å². The molecule has 0 fully saturated rings. The van der Waals surface area contributed by atoms with Crippen LogP contribution >= 0.6 is 7.92 Å². The second-order valence-electron chi connectivity index (χ2n) is 7.35. The molecule has 0 aliphatic heterocycles. The summed E-state index contributed by atoms with van der Waals surface area (Å²) in [5.41, 5.74) is 4.40. The first-order valence-electron chi connectivity index (χ1n) is 7.98. The lowest BCUT2D eigenvalue weighted by molar-refractivity contribution is 0.601. The van der Waals surface area contributed by atoms with Crippen molar-refractivity contribution in [2.24, 2.45) is 0 Å². The molecule has 0 heterocycles. The summed E-state index contributed by atoms with van der Waals surface area (Å²) in [6.45, 7) is 19.0. The molecule has 0 saturated heterocycles. The third-order valence-electron chi connectivity index (χ3n) is 5.02. The van der Waals surface area contributed by atoms with E-state index < -0.39 is 0 Å². The highest BCUT2D eigenvalue weighted by molar-refractivity contribution is 7.60. The van der Waals surface area contributed by atoms with Gasteiger partial charge in [-0.1, -0.05) is 73.2 Å². The minimum absolute atomic E-state index is 0.0495. The summed E-state index contributed by atoms with van der Waals surface area (Å²) in [7, 11) is -0.0495. The Morgan fingerprint density at radius 3 is 1.80 bits per heavy atom. The summed E-state index contributed by atoms with van der Waals surface area (Å²) >= 11 is 0. The van der Waals surface area contributed by atoms with Gasteiger partial charge in [-0.2, -0.15) is 0 Å². The summed E-state index contributed by atoms with van der Waals surface area (Å²) in [5.74, 6) is 0. The molecule has 114 valence electrons. The zero-order valence-electron chi connectivity index (χ0n) is 14.8. The van der Waals surface area contributed by atoms with E-state index in [4.69, 9.17) is 0 Å². The van der Waals surface area contributed by atoms with Crippen molar-refractivity contribution in [1.82, 2.24) is 0 Å². The second kappa shape index (κ2) is 6.61. The maximum Gasteiger partial charge on any atom is -0.00609 e. The lowest BCUT2D eigenvalue weighted by atomic mass is 10.1. The van der Waals surface area contributed by atoms with Crippen molar-refractivity contribution in [3.63, 3.8) is 0 Å². The molecule has 20 heavy (non-hydrogen) atoms. The van der Waals surface area contributed by atoms with Crippen molar-refractivity contribution in [2.75, 3.05) is 0 Å². The van der Waals surface area contributed by atoms with E-state index in [2.05, 4.69) is 73.6 Å². The van der Waals surface area contributed by atoms with Crippen LogP contribution in [0.4, 0.5) is 0 Å². The monoisotopic (exact) mass is 292 g/mol. The van der Waals surface area contributed by atoms with Crippen LogP contribution in [-0.2, 0) is 6.16 Å². The van der Waals surface area contributed by atoms with Gasteiger partial charge in [0.2, 0.25) is 0 Å². The van der Waals surface area contributed by atoms with Crippen LogP contribution in [0.25, 0.3) is 0 Å². The Hall–Kier alpha value is -0.350. The predicted octanol–water partition coefficient (Wildman–Crippen LogP) is 6.66. The molecule has 0 amide bonds. The second-order valence-corrected chi connectivity index (χ2v) is 10.9. The topological polar surface area (TPSA) is 0 Å². The smallest absolute Gasteiger partial charge is 0.00609 e. The molecule has 1 aromatic rings. The van der Waals surface area contributed by atoms with Gasteiger partial charge in [0.15, 0.2) is 0 Å². The van der Waals surface area contributed by atoms with E-state index in [0.717, 1.165) is 0 Å². The third-order valence-corrected chi connectivity index (χ3v) is 9.23. The fraction of sp³-hybridized carbons (Fsp3) is 0.684. The highest BCUT2D eigenvalue weighted by atomic mass is 31.1. The first-order valence-corrected chi connectivity index (χ1v) is 9.50. The molecule has 1 aromatic carbocycles. The standard InChI is InChI=1S/C19H33P/c1-9-18(5,6)20(19(7,8)10-2)14-17-12-11-15(3)13-16(17)4/h11-13H,9-10,14H2,1-8H3. The van der Waals surface area contributed by atoms with Gasteiger partial charge in [-0.05, 0) is 54.3 Å². The summed E-state index contributed by atoms with van der Waals surface area (Å²) in [4.78, 5) is 0. The summed E-state index contributed by atoms with van der Waals surface area (Å²) in [5, 5.41) is 0.901. The first kappa shape index (κ1) is 17.7. The summed E-state index contributed by atoms with van der Waals surface area (Å²) in [6, 6.07) is 6.96. The average Bonchev–Trinajstić information content (AvgIpc) is 2.37. The van der Waals surface area contributed by atoms with Gasteiger partial charge >= 0.3 is 0 Å². The minimum Gasteiger partial charge on any atom is -0.0906 e. The van der Waals surface area contributed by atoms with Crippen molar-refractivity contribution in [3.8, 4) is 0 Å². The van der Waals surface area contributed by atoms with Crippen molar-refractivity contribution in [2.45, 2.75) is 84.7 Å². The molecule has 0 aliphatic rings. The van der Waals surface area contributed by atoms with Crippen LogP contribution < -0.4 is 0 Å². The van der Waals surface area contributed by atoms with E-state index in [0.29, 0.717) is 10.3 Å². The Morgan fingerprint density at radius 1 is 0.900 bits per heavy atom. The van der Waals surface area contributed by atoms with Crippen molar-refractivity contribution >= 4 is 7.92 Å². The van der Waals surface area contributed by atoms with Gasteiger partial charge in [0.25, 0.3) is 0 Å². The minimum atomic E-state index is -0.0495. The Labute approximate surface area is 128 Å². The fourth-order valence-electron chi connectivity index (χ4n) is 2.82. The zero-order valence-corrected chi connectivity index (χ0v) is 15.7. The van der Waals surface area contributed by atoms with Gasteiger partial charge in [0.05, 0.1) is 0 Å². The van der Waals surface area contributed by atoms with Crippen LogP contribution in [0.5, 0.6) is 0 Å². The number of hydrogen-bond donors (Lipinski definition) is 0. The molecular weight excluding hydrogens is 259 g/mol. The molecule has 0 nitrogen and oxygen atoms in total. The van der Waals surface area contributed by atoms with Gasteiger partial charge in [0.1, 0.15) is 0 Å².